The number of hydrogen-bond acceptors (Lipinski definition) is 2. The molecule has 0 heterocycles. The first-order valence-corrected chi connectivity index (χ1v) is 4.26. The summed E-state index contributed by atoms with van der Waals surface area (Å²) >= 11 is 0. The topological polar surface area (TPSA) is 26.3 Å². The summed E-state index contributed by atoms with van der Waals surface area (Å²) in [6.45, 7) is 1.96. The van der Waals surface area contributed by atoms with Crippen LogP contribution in [0.15, 0.2) is 42.5 Å². The van der Waals surface area contributed by atoms with Gasteiger partial charge >= 0.3 is 5.97 Å². The lowest BCUT2D eigenvalue weighted by molar-refractivity contribution is -0.129. The molecular weight excluding hydrogens is 164 g/mol. The Kier molecular flexibility index (Phi) is 3.76. The summed E-state index contributed by atoms with van der Waals surface area (Å²) in [4.78, 5) is 11.1. The normalized spacial score (nSPS) is 10.2. The van der Waals surface area contributed by atoms with Crippen molar-refractivity contribution in [3.05, 3.63) is 42.5 Å². The second-order valence-electron chi connectivity index (χ2n) is 2.54. The standard InChI is InChI=1S/C11H12O2/c1-2-3-9-11(12)13-10-7-5-4-6-8-10/h3-9H,2H2,1H3/b9-3+. The Hall–Kier alpha value is -1.57. The van der Waals surface area contributed by atoms with E-state index in [2.05, 4.69) is 0 Å². The zero-order valence-corrected chi connectivity index (χ0v) is 7.57. The molecule has 1 rings (SSSR count). The first-order valence-electron chi connectivity index (χ1n) is 4.26. The predicted octanol–water partition coefficient (Wildman–Crippen LogP) is 2.56. The van der Waals surface area contributed by atoms with Gasteiger partial charge in [-0.15, -0.1) is 0 Å². The molecule has 1 aromatic carbocycles. The number of para-hydroxylation sites is 1. The molecule has 0 fully saturated rings. The molecular formula is C11H12O2. The second-order valence-corrected chi connectivity index (χ2v) is 2.54. The van der Waals surface area contributed by atoms with Crippen molar-refractivity contribution in [3.63, 3.8) is 0 Å². The third-order valence-electron chi connectivity index (χ3n) is 1.45. The summed E-state index contributed by atoms with van der Waals surface area (Å²) in [5.74, 6) is 0.251. The van der Waals surface area contributed by atoms with Crippen molar-refractivity contribution in [2.24, 2.45) is 0 Å². The highest BCUT2D eigenvalue weighted by Crippen LogP contribution is 2.08. The Morgan fingerprint density at radius 3 is 2.69 bits per heavy atom. The molecule has 0 saturated heterocycles. The minimum atomic E-state index is -0.326. The summed E-state index contributed by atoms with van der Waals surface area (Å²) in [7, 11) is 0. The van der Waals surface area contributed by atoms with E-state index >= 15 is 0 Å². The Labute approximate surface area is 77.8 Å². The molecule has 1 aromatic rings. The van der Waals surface area contributed by atoms with Gasteiger partial charge < -0.3 is 4.74 Å². The Morgan fingerprint density at radius 1 is 1.38 bits per heavy atom. The number of esters is 1. The van der Waals surface area contributed by atoms with Gasteiger partial charge in [-0.05, 0) is 18.6 Å². The number of ether oxygens (including phenoxy) is 1. The van der Waals surface area contributed by atoms with Crippen LogP contribution in [0.25, 0.3) is 0 Å². The maximum Gasteiger partial charge on any atom is 0.335 e. The van der Waals surface area contributed by atoms with Crippen molar-refractivity contribution in [2.75, 3.05) is 0 Å². The molecule has 0 amide bonds. The van der Waals surface area contributed by atoms with Gasteiger partial charge in [-0.1, -0.05) is 31.2 Å². The van der Waals surface area contributed by atoms with Crippen LogP contribution in [0.4, 0.5) is 0 Å². The van der Waals surface area contributed by atoms with Crippen LogP contribution < -0.4 is 4.74 Å². The van der Waals surface area contributed by atoms with Gasteiger partial charge in [0.1, 0.15) is 5.75 Å². The van der Waals surface area contributed by atoms with E-state index < -0.39 is 0 Å². The molecule has 0 N–H and O–H groups in total. The summed E-state index contributed by atoms with van der Waals surface area (Å²) < 4.78 is 4.99. The lowest BCUT2D eigenvalue weighted by Gasteiger charge is -1.98. The van der Waals surface area contributed by atoms with E-state index in [0.29, 0.717) is 5.75 Å². The van der Waals surface area contributed by atoms with E-state index in [-0.39, 0.29) is 5.97 Å². The van der Waals surface area contributed by atoms with Crippen LogP contribution in [0.5, 0.6) is 5.75 Å². The van der Waals surface area contributed by atoms with Crippen molar-refractivity contribution in [1.29, 1.82) is 0 Å². The van der Waals surface area contributed by atoms with Gasteiger partial charge in [0, 0.05) is 6.08 Å². The minimum Gasteiger partial charge on any atom is -0.423 e. The average molecular weight is 176 g/mol. The van der Waals surface area contributed by atoms with Gasteiger partial charge in [-0.3, -0.25) is 0 Å². The zero-order chi connectivity index (χ0) is 9.52. The summed E-state index contributed by atoms with van der Waals surface area (Å²) in [5, 5.41) is 0. The second kappa shape index (κ2) is 5.14. The molecule has 0 aromatic heterocycles. The summed E-state index contributed by atoms with van der Waals surface area (Å²) in [5.41, 5.74) is 0. The summed E-state index contributed by atoms with van der Waals surface area (Å²) in [6.07, 6.45) is 4.04. The molecule has 2 heteroatoms. The minimum absolute atomic E-state index is 0.326. The molecule has 68 valence electrons. The Morgan fingerprint density at radius 2 is 2.08 bits per heavy atom. The molecule has 0 atom stereocenters. The van der Waals surface area contributed by atoms with Crippen LogP contribution in [0, 0.1) is 0 Å². The van der Waals surface area contributed by atoms with E-state index in [1.165, 1.54) is 6.08 Å². The van der Waals surface area contributed by atoms with E-state index in [1.807, 2.05) is 25.1 Å². The number of allylic oxidation sites excluding steroid dienone is 1. The fourth-order valence-electron chi connectivity index (χ4n) is 0.853. The molecule has 0 bridgehead atoms. The Balaban J connectivity index is 2.50. The van der Waals surface area contributed by atoms with Crippen molar-refractivity contribution in [3.8, 4) is 5.75 Å². The van der Waals surface area contributed by atoms with Gasteiger partial charge in [-0.2, -0.15) is 0 Å². The number of carbonyl (C=O) groups is 1. The van der Waals surface area contributed by atoms with Gasteiger partial charge in [0.05, 0.1) is 0 Å². The van der Waals surface area contributed by atoms with E-state index in [1.54, 1.807) is 18.2 Å². The molecule has 2 nitrogen and oxygen atoms in total. The zero-order valence-electron chi connectivity index (χ0n) is 7.57. The van der Waals surface area contributed by atoms with Gasteiger partial charge in [0.15, 0.2) is 0 Å². The highest BCUT2D eigenvalue weighted by molar-refractivity contribution is 5.83. The maximum absolute atomic E-state index is 11.1. The largest absolute Gasteiger partial charge is 0.423 e. The highest BCUT2D eigenvalue weighted by Gasteiger charge is 1.97. The smallest absolute Gasteiger partial charge is 0.335 e. The van der Waals surface area contributed by atoms with Crippen molar-refractivity contribution in [1.82, 2.24) is 0 Å². The fourth-order valence-corrected chi connectivity index (χ4v) is 0.853. The molecule has 0 aliphatic rings. The number of carbonyl (C=O) groups excluding carboxylic acids is 1. The SMILES string of the molecule is CC/C=C/C(=O)Oc1ccccc1. The monoisotopic (exact) mass is 176 g/mol. The van der Waals surface area contributed by atoms with Gasteiger partial charge in [0.2, 0.25) is 0 Å². The number of hydrogen-bond donors (Lipinski definition) is 0. The summed E-state index contributed by atoms with van der Waals surface area (Å²) in [6, 6.07) is 9.02. The molecule has 0 aliphatic carbocycles. The molecule has 13 heavy (non-hydrogen) atoms. The average Bonchev–Trinajstić information content (AvgIpc) is 2.16. The molecule has 0 aliphatic heterocycles. The predicted molar refractivity (Wildman–Crippen MR) is 51.5 cm³/mol. The fraction of sp³-hybridized carbons (Fsp3) is 0.182. The third-order valence-corrected chi connectivity index (χ3v) is 1.45. The molecule has 0 spiro atoms. The molecule has 0 saturated carbocycles. The quantitative estimate of drug-likeness (QED) is 0.402. The molecule has 0 unspecified atom stereocenters. The van der Waals surface area contributed by atoms with Crippen LogP contribution in [0.1, 0.15) is 13.3 Å². The third kappa shape index (κ3) is 3.56. The Bertz CT molecular complexity index is 288. The highest BCUT2D eigenvalue weighted by atomic mass is 16.5. The lowest BCUT2D eigenvalue weighted by atomic mass is 10.3. The van der Waals surface area contributed by atoms with Crippen molar-refractivity contribution < 1.29 is 9.53 Å². The van der Waals surface area contributed by atoms with Crippen molar-refractivity contribution >= 4 is 5.97 Å². The first kappa shape index (κ1) is 9.52. The van der Waals surface area contributed by atoms with Crippen LogP contribution in [0.2, 0.25) is 0 Å². The lowest BCUT2D eigenvalue weighted by Crippen LogP contribution is -2.03. The first-order chi connectivity index (χ1) is 6.33. The van der Waals surface area contributed by atoms with Crippen LogP contribution >= 0.6 is 0 Å². The van der Waals surface area contributed by atoms with Crippen LogP contribution in [0.3, 0.4) is 0 Å². The molecule has 0 radical (unpaired) electrons. The van der Waals surface area contributed by atoms with Gasteiger partial charge in [0.25, 0.3) is 0 Å². The number of benzene rings is 1. The van der Waals surface area contributed by atoms with E-state index in [9.17, 15) is 4.79 Å². The van der Waals surface area contributed by atoms with Crippen molar-refractivity contribution in [2.45, 2.75) is 13.3 Å². The maximum atomic E-state index is 11.1. The van der Waals surface area contributed by atoms with Gasteiger partial charge in [-0.25, -0.2) is 4.79 Å². The van der Waals surface area contributed by atoms with E-state index in [0.717, 1.165) is 6.42 Å². The number of rotatable bonds is 3. The van der Waals surface area contributed by atoms with Crippen LogP contribution in [-0.2, 0) is 4.79 Å². The van der Waals surface area contributed by atoms with Crippen LogP contribution in [-0.4, -0.2) is 5.97 Å². The van der Waals surface area contributed by atoms with E-state index in [4.69, 9.17) is 4.74 Å².